The Morgan fingerprint density at radius 1 is 0.778 bits per heavy atom. The molecule has 9 atom stereocenters. The van der Waals surface area contributed by atoms with Gasteiger partial charge in [0.2, 0.25) is 0 Å². The van der Waals surface area contributed by atoms with Crippen molar-refractivity contribution in [3.63, 3.8) is 0 Å². The van der Waals surface area contributed by atoms with Crippen LogP contribution in [0, 0.1) is 45.8 Å². The van der Waals surface area contributed by atoms with E-state index in [0.29, 0.717) is 16.9 Å². The maximum absolute atomic E-state index is 6.38. The maximum atomic E-state index is 6.38. The van der Waals surface area contributed by atoms with E-state index in [4.69, 9.17) is 5.73 Å². The first-order valence-corrected chi connectivity index (χ1v) is 12.6. The van der Waals surface area contributed by atoms with Gasteiger partial charge >= 0.3 is 0 Å². The van der Waals surface area contributed by atoms with Crippen LogP contribution in [-0.4, -0.2) is 6.04 Å². The molecule has 156 valence electrons. The summed E-state index contributed by atoms with van der Waals surface area (Å²) in [5, 5.41) is 0. The van der Waals surface area contributed by atoms with Crippen LogP contribution in [0.25, 0.3) is 0 Å². The van der Waals surface area contributed by atoms with E-state index in [1.165, 1.54) is 51.4 Å². The third-order valence-corrected chi connectivity index (χ3v) is 11.1. The van der Waals surface area contributed by atoms with Gasteiger partial charge in [0.15, 0.2) is 0 Å². The van der Waals surface area contributed by atoms with Gasteiger partial charge in [-0.1, -0.05) is 41.0 Å². The third kappa shape index (κ3) is 2.80. The summed E-state index contributed by atoms with van der Waals surface area (Å²) in [5.74, 6) is 5.09. The molecule has 0 aliphatic heterocycles. The monoisotopic (exact) mass is 373 g/mol. The Labute approximate surface area is 169 Å². The van der Waals surface area contributed by atoms with Crippen LogP contribution in [0.3, 0.4) is 0 Å². The summed E-state index contributed by atoms with van der Waals surface area (Å²) < 4.78 is 0. The SMILES string of the molecule is CC.CC1CCC2(C)C3CCC45CCC(N)CC4CCC5C3CCC2(C)C1. The second-order valence-electron chi connectivity index (χ2n) is 11.8. The first-order chi connectivity index (χ1) is 12.9. The van der Waals surface area contributed by atoms with Crippen molar-refractivity contribution in [3.05, 3.63) is 0 Å². The summed E-state index contributed by atoms with van der Waals surface area (Å²) in [6.07, 6.45) is 17.9. The molecule has 0 amide bonds. The molecule has 0 heterocycles. The van der Waals surface area contributed by atoms with Crippen LogP contribution in [0.4, 0.5) is 0 Å². The fourth-order valence-electron chi connectivity index (χ4n) is 9.66. The second kappa shape index (κ2) is 7.03. The molecule has 1 spiro atoms. The Bertz CT molecular complexity index is 542. The smallest absolute Gasteiger partial charge is 0.00418 e. The molecule has 0 aromatic carbocycles. The lowest BCUT2D eigenvalue weighted by atomic mass is 9.39. The molecule has 0 aromatic heterocycles. The van der Waals surface area contributed by atoms with Crippen molar-refractivity contribution in [2.24, 2.45) is 51.6 Å². The van der Waals surface area contributed by atoms with Gasteiger partial charge in [0.05, 0.1) is 0 Å². The minimum atomic E-state index is 0.513. The topological polar surface area (TPSA) is 26.0 Å². The largest absolute Gasteiger partial charge is 0.328 e. The van der Waals surface area contributed by atoms with Gasteiger partial charge in [-0.05, 0) is 116 Å². The first-order valence-electron chi connectivity index (χ1n) is 12.6. The molecule has 5 fully saturated rings. The summed E-state index contributed by atoms with van der Waals surface area (Å²) in [6, 6.07) is 0.513. The lowest BCUT2D eigenvalue weighted by Crippen LogP contribution is -2.58. The van der Waals surface area contributed by atoms with Crippen LogP contribution >= 0.6 is 0 Å². The zero-order chi connectivity index (χ0) is 19.4. The van der Waals surface area contributed by atoms with Gasteiger partial charge in [-0.3, -0.25) is 0 Å². The van der Waals surface area contributed by atoms with Crippen molar-refractivity contribution < 1.29 is 0 Å². The van der Waals surface area contributed by atoms with Crippen molar-refractivity contribution in [2.45, 2.75) is 118 Å². The zero-order valence-corrected chi connectivity index (χ0v) is 19.0. The first kappa shape index (κ1) is 20.2. The molecule has 2 N–H and O–H groups in total. The van der Waals surface area contributed by atoms with E-state index in [0.717, 1.165) is 35.0 Å². The number of nitrogens with two attached hydrogens (primary N) is 1. The van der Waals surface area contributed by atoms with Crippen LogP contribution in [0.1, 0.15) is 112 Å². The van der Waals surface area contributed by atoms with Crippen LogP contribution in [-0.2, 0) is 0 Å². The molecule has 5 rings (SSSR count). The highest BCUT2D eigenvalue weighted by Crippen LogP contribution is 2.72. The normalized spacial score (nSPS) is 56.7. The van der Waals surface area contributed by atoms with E-state index >= 15 is 0 Å². The summed E-state index contributed by atoms with van der Waals surface area (Å²) in [4.78, 5) is 0. The number of fused-ring (bicyclic) bond motifs is 4. The number of rotatable bonds is 0. The minimum Gasteiger partial charge on any atom is -0.328 e. The second-order valence-corrected chi connectivity index (χ2v) is 11.8. The van der Waals surface area contributed by atoms with Gasteiger partial charge in [0.25, 0.3) is 0 Å². The predicted molar refractivity (Wildman–Crippen MR) is 116 cm³/mol. The van der Waals surface area contributed by atoms with E-state index in [1.807, 2.05) is 13.8 Å². The highest BCUT2D eigenvalue weighted by molar-refractivity contribution is 5.14. The minimum absolute atomic E-state index is 0.513. The van der Waals surface area contributed by atoms with Crippen LogP contribution in [0.5, 0.6) is 0 Å². The summed E-state index contributed by atoms with van der Waals surface area (Å²) in [5.41, 5.74) is 8.37. The molecular weight excluding hydrogens is 326 g/mol. The molecular formula is C26H47N. The Kier molecular flexibility index (Phi) is 5.27. The van der Waals surface area contributed by atoms with E-state index in [-0.39, 0.29) is 0 Å². The predicted octanol–water partition coefficient (Wildman–Crippen LogP) is 7.19. The quantitative estimate of drug-likeness (QED) is 0.478. The zero-order valence-electron chi connectivity index (χ0n) is 19.0. The molecule has 5 aliphatic carbocycles. The van der Waals surface area contributed by atoms with Gasteiger partial charge in [-0.25, -0.2) is 0 Å². The van der Waals surface area contributed by atoms with Crippen molar-refractivity contribution in [1.82, 2.24) is 0 Å². The number of hydrogen-bond acceptors (Lipinski definition) is 1. The molecule has 9 unspecified atom stereocenters. The maximum Gasteiger partial charge on any atom is 0.00418 e. The number of hydrogen-bond donors (Lipinski definition) is 1. The van der Waals surface area contributed by atoms with Crippen LogP contribution < -0.4 is 5.73 Å². The molecule has 27 heavy (non-hydrogen) atoms. The fraction of sp³-hybridized carbons (Fsp3) is 1.00. The molecule has 1 heteroatoms. The van der Waals surface area contributed by atoms with Crippen molar-refractivity contribution in [3.8, 4) is 0 Å². The van der Waals surface area contributed by atoms with E-state index in [9.17, 15) is 0 Å². The Morgan fingerprint density at radius 3 is 2.30 bits per heavy atom. The molecule has 0 radical (unpaired) electrons. The summed E-state index contributed by atoms with van der Waals surface area (Å²) in [7, 11) is 0. The lowest BCUT2D eigenvalue weighted by Gasteiger charge is -2.66. The standard InChI is InChI=1S/C24H41N.C2H6/c1-16-6-11-23(3)20-9-13-24-12-7-18(25)14-17(24)4-5-21(24)19(20)8-10-22(23,2)15-16;1-2/h16-21H,4-15,25H2,1-3H3;1-2H3. The summed E-state index contributed by atoms with van der Waals surface area (Å²) >= 11 is 0. The lowest BCUT2D eigenvalue weighted by molar-refractivity contribution is -0.167. The van der Waals surface area contributed by atoms with Gasteiger partial charge in [-0.15, -0.1) is 0 Å². The Balaban J connectivity index is 0.000000872. The molecule has 0 bridgehead atoms. The van der Waals surface area contributed by atoms with Crippen LogP contribution in [0.2, 0.25) is 0 Å². The molecule has 0 saturated heterocycles. The van der Waals surface area contributed by atoms with E-state index in [2.05, 4.69) is 20.8 Å². The van der Waals surface area contributed by atoms with Gasteiger partial charge in [0, 0.05) is 6.04 Å². The average molecular weight is 374 g/mol. The van der Waals surface area contributed by atoms with Crippen molar-refractivity contribution in [2.75, 3.05) is 0 Å². The van der Waals surface area contributed by atoms with Crippen LogP contribution in [0.15, 0.2) is 0 Å². The van der Waals surface area contributed by atoms with Gasteiger partial charge < -0.3 is 5.73 Å². The molecule has 1 nitrogen and oxygen atoms in total. The van der Waals surface area contributed by atoms with Gasteiger partial charge in [0.1, 0.15) is 0 Å². The Hall–Kier alpha value is -0.0400. The average Bonchev–Trinajstić information content (AvgIpc) is 3.03. The van der Waals surface area contributed by atoms with Gasteiger partial charge in [-0.2, -0.15) is 0 Å². The summed E-state index contributed by atoms with van der Waals surface area (Å²) in [6.45, 7) is 11.9. The van der Waals surface area contributed by atoms with Crippen molar-refractivity contribution in [1.29, 1.82) is 0 Å². The van der Waals surface area contributed by atoms with Crippen molar-refractivity contribution >= 4 is 0 Å². The van der Waals surface area contributed by atoms with E-state index < -0.39 is 0 Å². The molecule has 5 aliphatic rings. The molecule has 5 saturated carbocycles. The highest BCUT2D eigenvalue weighted by atomic mass is 14.7. The third-order valence-electron chi connectivity index (χ3n) is 11.1. The molecule has 0 aromatic rings. The highest BCUT2D eigenvalue weighted by Gasteiger charge is 2.64. The fourth-order valence-corrected chi connectivity index (χ4v) is 9.66. The Morgan fingerprint density at radius 2 is 1.52 bits per heavy atom. The van der Waals surface area contributed by atoms with E-state index in [1.54, 1.807) is 25.7 Å².